The minimum atomic E-state index is -0.363. The number of thiophene rings is 1. The monoisotopic (exact) mass is 458 g/mol. The van der Waals surface area contributed by atoms with Gasteiger partial charge in [-0.05, 0) is 25.0 Å². The van der Waals surface area contributed by atoms with Crippen LogP contribution in [0, 0.1) is 0 Å². The molecule has 0 aromatic carbocycles. The number of aromatic nitrogens is 3. The summed E-state index contributed by atoms with van der Waals surface area (Å²) in [5.74, 6) is 1.70. The van der Waals surface area contributed by atoms with Crippen molar-refractivity contribution in [2.75, 3.05) is 50.2 Å². The average molecular weight is 459 g/mol. The van der Waals surface area contributed by atoms with Crippen molar-refractivity contribution in [1.82, 2.24) is 20.4 Å². The predicted molar refractivity (Wildman–Crippen MR) is 122 cm³/mol. The molecule has 1 aliphatic heterocycles. The van der Waals surface area contributed by atoms with Gasteiger partial charge in [0.2, 0.25) is 11.8 Å². The van der Waals surface area contributed by atoms with Gasteiger partial charge in [0, 0.05) is 43.9 Å². The molecule has 1 aliphatic rings. The van der Waals surface area contributed by atoms with Crippen LogP contribution in [-0.2, 0) is 9.53 Å². The van der Waals surface area contributed by atoms with Crippen LogP contribution in [0.4, 0.5) is 10.8 Å². The quantitative estimate of drug-likeness (QED) is 0.252. The first-order chi connectivity index (χ1) is 15.7. The molecule has 0 spiro atoms. The standard InChI is InChI=1S/C21H26N6O4S/c1-30-17-6-5-14(13-23-17)20-24-15-12-18(22-7-3-2-4-16(28)26-29)32-19(15)21(25-20)27-8-10-31-11-9-27/h5-6,12-13,22,29H,2-4,7-11H2,1H3,(H,26,28). The summed E-state index contributed by atoms with van der Waals surface area (Å²) in [6.07, 6.45) is 3.53. The van der Waals surface area contributed by atoms with E-state index >= 15 is 0 Å². The lowest BCUT2D eigenvalue weighted by atomic mass is 10.2. The van der Waals surface area contributed by atoms with Crippen LogP contribution in [0.1, 0.15) is 19.3 Å². The van der Waals surface area contributed by atoms with Crippen LogP contribution in [0.5, 0.6) is 5.88 Å². The summed E-state index contributed by atoms with van der Waals surface area (Å²) in [7, 11) is 1.59. The van der Waals surface area contributed by atoms with Gasteiger partial charge in [-0.2, -0.15) is 0 Å². The average Bonchev–Trinajstić information content (AvgIpc) is 3.26. The number of amides is 1. The smallest absolute Gasteiger partial charge is 0.243 e. The van der Waals surface area contributed by atoms with E-state index in [1.807, 2.05) is 12.1 Å². The molecule has 1 fully saturated rings. The minimum Gasteiger partial charge on any atom is -0.481 e. The number of hydrogen-bond acceptors (Lipinski definition) is 10. The lowest BCUT2D eigenvalue weighted by molar-refractivity contribution is -0.129. The molecular formula is C21H26N6O4S. The zero-order chi connectivity index (χ0) is 22.3. The third-order valence-corrected chi connectivity index (χ3v) is 6.20. The Morgan fingerprint density at radius 2 is 2.12 bits per heavy atom. The maximum absolute atomic E-state index is 11.1. The highest BCUT2D eigenvalue weighted by atomic mass is 32.1. The number of carbonyl (C=O) groups excluding carboxylic acids is 1. The first-order valence-electron chi connectivity index (χ1n) is 10.5. The second-order valence-corrected chi connectivity index (χ2v) is 8.36. The first-order valence-corrected chi connectivity index (χ1v) is 11.3. The lowest BCUT2D eigenvalue weighted by Crippen LogP contribution is -2.36. The second kappa shape index (κ2) is 10.5. The number of fused-ring (bicyclic) bond motifs is 1. The van der Waals surface area contributed by atoms with E-state index in [0.717, 1.165) is 52.7 Å². The summed E-state index contributed by atoms with van der Waals surface area (Å²) < 4.78 is 11.7. The molecule has 0 atom stereocenters. The summed E-state index contributed by atoms with van der Waals surface area (Å²) in [6, 6.07) is 5.74. The maximum Gasteiger partial charge on any atom is 0.243 e. The Kier molecular flexibility index (Phi) is 7.30. The number of nitrogens with one attached hydrogen (secondary N) is 2. The Bertz CT molecular complexity index is 1050. The third kappa shape index (κ3) is 5.23. The van der Waals surface area contributed by atoms with Gasteiger partial charge in [-0.25, -0.2) is 20.4 Å². The fraction of sp³-hybridized carbons (Fsp3) is 0.429. The van der Waals surface area contributed by atoms with Gasteiger partial charge in [0.05, 0.1) is 35.5 Å². The van der Waals surface area contributed by atoms with Crippen molar-refractivity contribution in [3.05, 3.63) is 24.4 Å². The molecule has 4 rings (SSSR count). The molecule has 0 bridgehead atoms. The van der Waals surface area contributed by atoms with Gasteiger partial charge in [-0.3, -0.25) is 10.0 Å². The predicted octanol–water partition coefficient (Wildman–Crippen LogP) is 2.69. The van der Waals surface area contributed by atoms with Gasteiger partial charge in [-0.15, -0.1) is 11.3 Å². The summed E-state index contributed by atoms with van der Waals surface area (Å²) in [5, 5.41) is 13.0. The molecule has 3 aromatic rings. The van der Waals surface area contributed by atoms with Crippen LogP contribution in [0.25, 0.3) is 21.6 Å². The highest BCUT2D eigenvalue weighted by Crippen LogP contribution is 2.36. The number of anilines is 2. The number of nitrogens with zero attached hydrogens (tertiary/aromatic N) is 4. The molecule has 0 unspecified atom stereocenters. The van der Waals surface area contributed by atoms with Crippen LogP contribution in [0.2, 0.25) is 0 Å². The summed E-state index contributed by atoms with van der Waals surface area (Å²) in [6.45, 7) is 3.62. The van der Waals surface area contributed by atoms with Gasteiger partial charge in [0.1, 0.15) is 0 Å². The van der Waals surface area contributed by atoms with Crippen LogP contribution >= 0.6 is 11.3 Å². The van der Waals surface area contributed by atoms with Crippen LogP contribution in [-0.4, -0.2) is 66.0 Å². The van der Waals surface area contributed by atoms with Gasteiger partial charge in [-0.1, -0.05) is 0 Å². The molecule has 170 valence electrons. The van der Waals surface area contributed by atoms with Gasteiger partial charge >= 0.3 is 0 Å². The number of pyridine rings is 1. The number of unbranched alkanes of at least 4 members (excludes halogenated alkanes) is 1. The van der Waals surface area contributed by atoms with Crippen LogP contribution in [0.15, 0.2) is 24.4 Å². The van der Waals surface area contributed by atoms with E-state index < -0.39 is 0 Å². The van der Waals surface area contributed by atoms with E-state index in [1.165, 1.54) is 0 Å². The molecule has 0 radical (unpaired) electrons. The van der Waals surface area contributed by atoms with E-state index in [2.05, 4.69) is 15.2 Å². The number of hydrogen-bond donors (Lipinski definition) is 3. The zero-order valence-electron chi connectivity index (χ0n) is 17.8. The van der Waals surface area contributed by atoms with Crippen molar-refractivity contribution in [1.29, 1.82) is 0 Å². The molecule has 1 saturated heterocycles. The Morgan fingerprint density at radius 3 is 2.84 bits per heavy atom. The zero-order valence-corrected chi connectivity index (χ0v) is 18.7. The SMILES string of the molecule is COc1ccc(-c2nc(N3CCOCC3)c3sc(NCCCCC(=O)NO)cc3n2)cn1. The van der Waals surface area contributed by atoms with Crippen LogP contribution < -0.4 is 20.4 Å². The Balaban J connectivity index is 1.58. The molecule has 32 heavy (non-hydrogen) atoms. The van der Waals surface area contributed by atoms with Gasteiger partial charge in [0.25, 0.3) is 0 Å². The van der Waals surface area contributed by atoms with Gasteiger partial charge in [0.15, 0.2) is 11.6 Å². The molecule has 3 aromatic heterocycles. The van der Waals surface area contributed by atoms with Crippen molar-refractivity contribution in [2.24, 2.45) is 0 Å². The molecule has 11 heteroatoms. The number of morpholine rings is 1. The molecule has 10 nitrogen and oxygen atoms in total. The maximum atomic E-state index is 11.1. The number of methoxy groups -OCH3 is 1. The van der Waals surface area contributed by atoms with E-state index in [0.29, 0.717) is 37.8 Å². The van der Waals surface area contributed by atoms with Crippen molar-refractivity contribution in [2.45, 2.75) is 19.3 Å². The molecule has 4 heterocycles. The van der Waals surface area contributed by atoms with E-state index in [-0.39, 0.29) is 5.91 Å². The summed E-state index contributed by atoms with van der Waals surface area (Å²) in [4.78, 5) is 27.3. The fourth-order valence-electron chi connectivity index (χ4n) is 3.43. The Labute approximate surface area is 189 Å². The Morgan fingerprint density at radius 1 is 1.28 bits per heavy atom. The van der Waals surface area contributed by atoms with Crippen molar-refractivity contribution in [3.8, 4) is 17.3 Å². The molecule has 0 saturated carbocycles. The number of hydroxylamine groups is 1. The first kappa shape index (κ1) is 22.2. The van der Waals surface area contributed by atoms with E-state index in [4.69, 9.17) is 24.6 Å². The highest BCUT2D eigenvalue weighted by Gasteiger charge is 2.20. The second-order valence-electron chi connectivity index (χ2n) is 7.30. The topological polar surface area (TPSA) is 122 Å². The molecular weight excluding hydrogens is 432 g/mol. The number of ether oxygens (including phenoxy) is 2. The normalized spacial score (nSPS) is 13.9. The van der Waals surface area contributed by atoms with E-state index in [1.54, 1.807) is 36.2 Å². The van der Waals surface area contributed by atoms with Gasteiger partial charge < -0.3 is 19.7 Å². The highest BCUT2D eigenvalue weighted by molar-refractivity contribution is 7.23. The Hall–Kier alpha value is -3.02. The minimum absolute atomic E-state index is 0.302. The van der Waals surface area contributed by atoms with E-state index in [9.17, 15) is 4.79 Å². The largest absolute Gasteiger partial charge is 0.481 e. The summed E-state index contributed by atoms with van der Waals surface area (Å²) >= 11 is 1.62. The summed E-state index contributed by atoms with van der Waals surface area (Å²) in [5.41, 5.74) is 3.35. The van der Waals surface area contributed by atoms with Crippen molar-refractivity contribution in [3.63, 3.8) is 0 Å². The van der Waals surface area contributed by atoms with Crippen molar-refractivity contribution >= 4 is 38.3 Å². The molecule has 0 aliphatic carbocycles. The van der Waals surface area contributed by atoms with Crippen molar-refractivity contribution < 1.29 is 19.5 Å². The van der Waals surface area contributed by atoms with Crippen LogP contribution in [0.3, 0.4) is 0 Å². The molecule has 1 amide bonds. The number of carbonyl (C=O) groups is 1. The third-order valence-electron chi connectivity index (χ3n) is 5.12. The fourth-order valence-corrected chi connectivity index (χ4v) is 4.47. The lowest BCUT2D eigenvalue weighted by Gasteiger charge is -2.28. The number of rotatable bonds is 9. The molecule has 3 N–H and O–H groups in total.